The van der Waals surface area contributed by atoms with E-state index in [-0.39, 0.29) is 5.41 Å². The molecule has 2 atom stereocenters. The van der Waals surface area contributed by atoms with Gasteiger partial charge in [0.1, 0.15) is 0 Å². The van der Waals surface area contributed by atoms with Crippen LogP contribution in [0.1, 0.15) is 109 Å². The first-order valence-corrected chi connectivity index (χ1v) is 17.2. The lowest BCUT2D eigenvalue weighted by Gasteiger charge is -2.32. The van der Waals surface area contributed by atoms with E-state index in [0.717, 1.165) is 12.0 Å². The Hall–Kier alpha value is -3.52. The van der Waals surface area contributed by atoms with E-state index in [9.17, 15) is 0 Å². The zero-order chi connectivity index (χ0) is 29.8. The first-order chi connectivity index (χ1) is 19.5. The fraction of sp³-hybridized carbons (Fsp3) is 0.350. The number of rotatable bonds is 5. The highest BCUT2D eigenvalue weighted by atomic mass is 28.3. The van der Waals surface area contributed by atoms with Gasteiger partial charge in [-0.05, 0) is 84.1 Å². The Morgan fingerprint density at radius 2 is 1.29 bits per heavy atom. The van der Waals surface area contributed by atoms with Crippen LogP contribution in [0.3, 0.4) is 0 Å². The molecule has 0 spiro atoms. The van der Waals surface area contributed by atoms with Gasteiger partial charge in [-0.1, -0.05) is 143 Å². The number of benzene rings is 3. The van der Waals surface area contributed by atoms with E-state index in [1.54, 1.807) is 0 Å². The lowest BCUT2D eigenvalue weighted by Crippen LogP contribution is -2.60. The molecule has 0 saturated carbocycles. The lowest BCUT2D eigenvalue weighted by atomic mass is 9.79. The number of hydrogen-bond donors (Lipinski definition) is 0. The van der Waals surface area contributed by atoms with Gasteiger partial charge in [-0.15, -0.1) is 5.54 Å². The first-order valence-electron chi connectivity index (χ1n) is 15.2. The summed E-state index contributed by atoms with van der Waals surface area (Å²) in [5.41, 5.74) is 15.8. The summed E-state index contributed by atoms with van der Waals surface area (Å²) >= 11 is 0. The molecule has 4 rings (SSSR count). The van der Waals surface area contributed by atoms with Crippen molar-refractivity contribution in [3.63, 3.8) is 0 Å². The zero-order valence-electron chi connectivity index (χ0n) is 26.5. The Labute approximate surface area is 251 Å². The third-order valence-electron chi connectivity index (χ3n) is 8.42. The van der Waals surface area contributed by atoms with Crippen LogP contribution < -0.4 is 10.4 Å². The van der Waals surface area contributed by atoms with Crippen molar-refractivity contribution in [1.29, 1.82) is 0 Å². The van der Waals surface area contributed by atoms with Gasteiger partial charge in [0.25, 0.3) is 8.07 Å². The van der Waals surface area contributed by atoms with Gasteiger partial charge in [0.15, 0.2) is 0 Å². The van der Waals surface area contributed by atoms with Crippen LogP contribution >= 0.6 is 0 Å². The third kappa shape index (κ3) is 6.69. The van der Waals surface area contributed by atoms with Gasteiger partial charge in [0.05, 0.1) is 5.41 Å². The van der Waals surface area contributed by atoms with Gasteiger partial charge in [-0.25, -0.2) is 0 Å². The highest BCUT2D eigenvalue weighted by Crippen LogP contribution is 2.34. The highest BCUT2D eigenvalue weighted by molar-refractivity contribution is 7.14. The summed E-state index contributed by atoms with van der Waals surface area (Å²) in [6.07, 6.45) is 5.52. The fourth-order valence-electron chi connectivity index (χ4n) is 5.73. The summed E-state index contributed by atoms with van der Waals surface area (Å²) in [6.45, 7) is 20.7. The Balaban J connectivity index is 2.16. The van der Waals surface area contributed by atoms with Gasteiger partial charge < -0.3 is 0 Å². The molecule has 0 nitrogen and oxygen atoms in total. The summed E-state index contributed by atoms with van der Waals surface area (Å²) in [5.74, 6) is 8.70. The molecule has 1 aliphatic carbocycles. The van der Waals surface area contributed by atoms with Crippen LogP contribution in [0.4, 0.5) is 0 Å². The van der Waals surface area contributed by atoms with E-state index < -0.39 is 8.07 Å². The second kappa shape index (κ2) is 12.6. The number of hydrogen-bond acceptors (Lipinski definition) is 0. The molecule has 0 amide bonds. The Bertz CT molecular complexity index is 1530. The summed E-state index contributed by atoms with van der Waals surface area (Å²) in [7, 11) is -2.95. The van der Waals surface area contributed by atoms with Crippen molar-refractivity contribution in [3.8, 4) is 22.9 Å². The molecule has 0 heterocycles. The second-order valence-electron chi connectivity index (χ2n) is 12.9. The molecule has 41 heavy (non-hydrogen) atoms. The molecule has 0 fully saturated rings. The molecule has 3 aromatic rings. The molecule has 0 aromatic heterocycles. The van der Waals surface area contributed by atoms with E-state index >= 15 is 0 Å². The van der Waals surface area contributed by atoms with E-state index in [0.29, 0.717) is 17.8 Å². The molecule has 210 valence electrons. The average Bonchev–Trinajstić information content (AvgIpc) is 2.96. The van der Waals surface area contributed by atoms with Crippen molar-refractivity contribution in [2.75, 3.05) is 0 Å². The topological polar surface area (TPSA) is 0 Å². The molecular formula is C40H46Si. The summed E-state index contributed by atoms with van der Waals surface area (Å²) < 4.78 is 0. The molecule has 0 N–H and O–H groups in total. The normalized spacial score (nSPS) is 18.1. The van der Waals surface area contributed by atoms with E-state index in [1.807, 2.05) is 0 Å². The first kappa shape index (κ1) is 30.4. The van der Waals surface area contributed by atoms with E-state index in [1.165, 1.54) is 38.2 Å². The molecule has 3 aromatic carbocycles. The maximum absolute atomic E-state index is 4.06. The molecule has 0 radical (unpaired) electrons. The minimum absolute atomic E-state index is 0.223. The molecule has 1 heteroatoms. The third-order valence-corrected chi connectivity index (χ3v) is 12.0. The van der Waals surface area contributed by atoms with E-state index in [4.69, 9.17) is 0 Å². The van der Waals surface area contributed by atoms with Crippen LogP contribution in [0.15, 0.2) is 96.1 Å². The molecule has 2 unspecified atom stereocenters. The Morgan fingerprint density at radius 1 is 0.732 bits per heavy atom. The SMILES string of the molecule is CC1=C(C)CC(C)(C#C[Si](C#Cc2ccccc2)(c2ccccc2)c2c(C(C)C)cc(C(C)C)cc2C(C)C)C=C1. The predicted octanol–water partition coefficient (Wildman–Crippen LogP) is 9.06. The van der Waals surface area contributed by atoms with Crippen molar-refractivity contribution in [3.05, 3.63) is 118 Å². The van der Waals surface area contributed by atoms with Crippen LogP contribution in [0.25, 0.3) is 0 Å². The van der Waals surface area contributed by atoms with Gasteiger partial charge in [0.2, 0.25) is 0 Å². The van der Waals surface area contributed by atoms with Crippen molar-refractivity contribution in [1.82, 2.24) is 0 Å². The minimum Gasteiger partial charge on any atom is -0.103 e. The highest BCUT2D eigenvalue weighted by Gasteiger charge is 2.41. The van der Waals surface area contributed by atoms with Crippen molar-refractivity contribution >= 4 is 18.4 Å². The fourth-order valence-corrected chi connectivity index (χ4v) is 9.71. The standard InChI is InChI=1S/C40H46Si/c1-29(2)35-26-37(30(3)4)39(38(27-35)31(5)6)41(36-18-14-11-15-19-36,24-21-34-16-12-10-13-17-34)25-23-40(9)22-20-32(7)33(8)28-40/h10-20,22,26-27,29-31H,28H2,1-9H3. The van der Waals surface area contributed by atoms with Crippen molar-refractivity contribution < 1.29 is 0 Å². The van der Waals surface area contributed by atoms with Crippen LogP contribution in [-0.4, -0.2) is 8.07 Å². The molecule has 1 aliphatic rings. The Kier molecular flexibility index (Phi) is 9.32. The van der Waals surface area contributed by atoms with Crippen molar-refractivity contribution in [2.45, 2.75) is 86.5 Å². The maximum atomic E-state index is 4.06. The second-order valence-corrected chi connectivity index (χ2v) is 16.0. The molecule has 0 bridgehead atoms. The number of allylic oxidation sites excluding steroid dienone is 4. The monoisotopic (exact) mass is 554 g/mol. The zero-order valence-corrected chi connectivity index (χ0v) is 27.5. The van der Waals surface area contributed by atoms with Crippen LogP contribution in [0.2, 0.25) is 0 Å². The lowest BCUT2D eigenvalue weighted by molar-refractivity contribution is 0.559. The van der Waals surface area contributed by atoms with Gasteiger partial charge in [0, 0.05) is 5.56 Å². The Morgan fingerprint density at radius 3 is 1.80 bits per heavy atom. The van der Waals surface area contributed by atoms with Gasteiger partial charge in [-0.2, -0.15) is 0 Å². The largest absolute Gasteiger partial charge is 0.276 e. The molecule has 0 aliphatic heterocycles. The predicted molar refractivity (Wildman–Crippen MR) is 182 cm³/mol. The molecular weight excluding hydrogens is 509 g/mol. The quantitative estimate of drug-likeness (QED) is 0.218. The average molecular weight is 555 g/mol. The van der Waals surface area contributed by atoms with E-state index in [2.05, 4.69) is 170 Å². The van der Waals surface area contributed by atoms with Crippen LogP contribution in [-0.2, 0) is 0 Å². The van der Waals surface area contributed by atoms with Crippen molar-refractivity contribution in [2.24, 2.45) is 5.41 Å². The minimum atomic E-state index is -2.95. The summed E-state index contributed by atoms with van der Waals surface area (Å²) in [6, 6.07) is 26.3. The van der Waals surface area contributed by atoms with Crippen LogP contribution in [0.5, 0.6) is 0 Å². The van der Waals surface area contributed by atoms with Crippen LogP contribution in [0, 0.1) is 28.3 Å². The molecule has 0 saturated heterocycles. The van der Waals surface area contributed by atoms with Gasteiger partial charge >= 0.3 is 0 Å². The summed E-state index contributed by atoms with van der Waals surface area (Å²) in [4.78, 5) is 0. The van der Waals surface area contributed by atoms with Gasteiger partial charge in [-0.3, -0.25) is 0 Å². The summed E-state index contributed by atoms with van der Waals surface area (Å²) in [5, 5.41) is 2.67. The smallest absolute Gasteiger partial charge is 0.103 e. The maximum Gasteiger partial charge on any atom is 0.276 e.